The van der Waals surface area contributed by atoms with E-state index < -0.39 is 0 Å². The molecule has 0 spiro atoms. The van der Waals surface area contributed by atoms with Crippen LogP contribution < -0.4 is 21.1 Å². The van der Waals surface area contributed by atoms with E-state index in [1.807, 2.05) is 12.3 Å². The van der Waals surface area contributed by atoms with Crippen LogP contribution in [-0.4, -0.2) is 10.8 Å². The van der Waals surface area contributed by atoms with Gasteiger partial charge in [-0.1, -0.05) is 63.2 Å². The Morgan fingerprint density at radius 2 is 1.13 bits per heavy atom. The van der Waals surface area contributed by atoms with Crippen molar-refractivity contribution in [2.45, 2.75) is 27.7 Å². The molecule has 2 aromatic carbocycles. The number of nitrogens with one attached hydrogen (secondary N) is 1. The molecule has 1 radical (unpaired) electrons. The maximum atomic E-state index is 9.33. The van der Waals surface area contributed by atoms with E-state index >= 15 is 0 Å². The zero-order chi connectivity index (χ0) is 23.7. The van der Waals surface area contributed by atoms with E-state index in [0.717, 1.165) is 5.52 Å². The molecule has 3 rings (SSSR count). The number of nitrogens with two attached hydrogens (primary N) is 1. The molecule has 7 heteroatoms. The number of amidine groups is 1. The van der Waals surface area contributed by atoms with Crippen molar-refractivity contribution in [2.75, 3.05) is 0 Å². The minimum atomic E-state index is -0.0833. The van der Waals surface area contributed by atoms with Gasteiger partial charge in [-0.15, -0.1) is 37.0 Å². The fourth-order valence-corrected chi connectivity index (χ4v) is 1.81. The molecule has 0 aliphatic rings. The van der Waals surface area contributed by atoms with Gasteiger partial charge in [0.05, 0.1) is 11.4 Å². The van der Waals surface area contributed by atoms with Crippen molar-refractivity contribution < 1.29 is 34.8 Å². The zero-order valence-electron chi connectivity index (χ0n) is 18.4. The molecule has 0 amide bonds. The smallest absolute Gasteiger partial charge is 0.876 e. The van der Waals surface area contributed by atoms with Crippen LogP contribution in [0.15, 0.2) is 91.7 Å². The summed E-state index contributed by atoms with van der Waals surface area (Å²) in [4.78, 5) is 4.41. The van der Waals surface area contributed by atoms with E-state index in [-0.39, 0.29) is 42.6 Å². The molecule has 6 nitrogen and oxygen atoms in total. The van der Waals surface area contributed by atoms with Crippen molar-refractivity contribution in [3.63, 3.8) is 0 Å². The van der Waals surface area contributed by atoms with Gasteiger partial charge < -0.3 is 21.1 Å². The third-order valence-corrected chi connectivity index (χ3v) is 2.50. The van der Waals surface area contributed by atoms with Gasteiger partial charge in [0.25, 0.3) is 0 Å². The first kappa shape index (κ1) is 32.5. The normalized spacial score (nSPS) is 8.13. The molecule has 31 heavy (non-hydrogen) atoms. The molecule has 0 unspecified atom stereocenters. The minimum absolute atomic E-state index is 0. The topological polar surface area (TPSA) is 132 Å². The second kappa shape index (κ2) is 18.8. The standard InChI is InChI=1S/C13H9N.3C3H6O.C2H6N2.Ru/c1-2-6-12-10(4-1)7-8-11-5-3-9-14-13(11)12;3*1-3(2)4;1-2(3)4;/h1-9H;3*4H,1H2,2H3;1H3,(H3,3,4);/q;;;;;+3/p-3. The second-order valence-corrected chi connectivity index (χ2v) is 6.15. The van der Waals surface area contributed by atoms with Crippen LogP contribution in [0.3, 0.4) is 0 Å². The number of hydrogen-bond acceptors (Lipinski definition) is 5. The Balaban J connectivity index is -0.000000388. The van der Waals surface area contributed by atoms with E-state index in [1.54, 1.807) is 0 Å². The average molecular weight is 510 g/mol. The molecule has 1 aromatic heterocycles. The molecule has 0 bridgehead atoms. The second-order valence-electron chi connectivity index (χ2n) is 6.15. The van der Waals surface area contributed by atoms with Crippen molar-refractivity contribution in [1.29, 1.82) is 5.41 Å². The Kier molecular flexibility index (Phi) is 19.7. The number of aromatic nitrogens is 1. The quantitative estimate of drug-likeness (QED) is 0.158. The summed E-state index contributed by atoms with van der Waals surface area (Å²) < 4.78 is 0. The number of hydrogen-bond donors (Lipinski definition) is 2. The zero-order valence-corrected chi connectivity index (χ0v) is 20.2. The summed E-state index contributed by atoms with van der Waals surface area (Å²) in [7, 11) is 0. The summed E-state index contributed by atoms with van der Waals surface area (Å²) >= 11 is 0. The van der Waals surface area contributed by atoms with E-state index in [2.05, 4.69) is 67.2 Å². The predicted molar refractivity (Wildman–Crippen MR) is 121 cm³/mol. The van der Waals surface area contributed by atoms with Crippen molar-refractivity contribution in [2.24, 2.45) is 5.73 Å². The Bertz CT molecular complexity index is 854. The Morgan fingerprint density at radius 1 is 0.774 bits per heavy atom. The van der Waals surface area contributed by atoms with Crippen molar-refractivity contribution in [1.82, 2.24) is 4.98 Å². The summed E-state index contributed by atoms with van der Waals surface area (Å²) in [6.07, 6.45) is 1.84. The summed E-state index contributed by atoms with van der Waals surface area (Å²) in [5.41, 5.74) is 5.78. The molecule has 0 saturated heterocycles. The van der Waals surface area contributed by atoms with Crippen LogP contribution in [0.5, 0.6) is 0 Å². The van der Waals surface area contributed by atoms with E-state index in [1.165, 1.54) is 43.9 Å². The number of fused-ring (bicyclic) bond motifs is 3. The summed E-state index contributed by atoms with van der Waals surface area (Å²) in [5.74, 6) is -0.0833. The number of nitrogens with zero attached hydrogens (tertiary/aromatic N) is 1. The van der Waals surface area contributed by atoms with Crippen LogP contribution in [0.1, 0.15) is 27.7 Å². The van der Waals surface area contributed by atoms with Gasteiger partial charge in [0.15, 0.2) is 0 Å². The van der Waals surface area contributed by atoms with Crippen molar-refractivity contribution in [3.05, 3.63) is 91.7 Å². The predicted octanol–water partition coefficient (Wildman–Crippen LogP) is 2.97. The number of rotatable bonds is 0. The molecule has 0 saturated carbocycles. The molecule has 3 aromatic rings. The fourth-order valence-electron chi connectivity index (χ4n) is 1.81. The van der Waals surface area contributed by atoms with Crippen molar-refractivity contribution >= 4 is 27.5 Å². The van der Waals surface area contributed by atoms with Crippen molar-refractivity contribution in [3.8, 4) is 0 Å². The largest absolute Gasteiger partial charge is 3.00 e. The third-order valence-electron chi connectivity index (χ3n) is 2.50. The van der Waals surface area contributed by atoms with Gasteiger partial charge in [0.2, 0.25) is 0 Å². The molecule has 0 aliphatic heterocycles. The van der Waals surface area contributed by atoms with Gasteiger partial charge in [-0.05, 0) is 18.4 Å². The molecule has 0 atom stereocenters. The van der Waals surface area contributed by atoms with E-state index in [4.69, 9.17) is 11.1 Å². The van der Waals surface area contributed by atoms with Gasteiger partial charge in [0.1, 0.15) is 0 Å². The number of pyridine rings is 1. The van der Waals surface area contributed by atoms with Gasteiger partial charge in [-0.2, -0.15) is 0 Å². The fraction of sp³-hybridized carbons (Fsp3) is 0.167. The summed E-state index contributed by atoms with van der Waals surface area (Å²) in [5, 5.41) is 38.0. The number of allylic oxidation sites excluding steroid dienone is 3. The molecule has 0 fully saturated rings. The summed E-state index contributed by atoms with van der Waals surface area (Å²) in [6.45, 7) is 14.8. The first-order chi connectivity index (χ1) is 13.9. The van der Waals surface area contributed by atoms with Gasteiger partial charge in [0, 0.05) is 17.0 Å². The van der Waals surface area contributed by atoms with Crippen LogP contribution in [0.4, 0.5) is 0 Å². The SMILES string of the molecule is C=C(C)[O-].C=C(C)[O-].C=C(C)[O-].CC(=N)N.[Ru+3].c1ccc2c(c1)ccc1cccnc12. The molecule has 3 N–H and O–H groups in total. The minimum Gasteiger partial charge on any atom is -0.876 e. The Labute approximate surface area is 197 Å². The van der Waals surface area contributed by atoms with E-state index in [0.29, 0.717) is 0 Å². The monoisotopic (exact) mass is 510 g/mol. The Hall–Kier alpha value is -3.18. The number of benzene rings is 2. The van der Waals surface area contributed by atoms with Crippen LogP contribution in [0.2, 0.25) is 0 Å². The summed E-state index contributed by atoms with van der Waals surface area (Å²) in [6, 6.07) is 16.7. The molecule has 167 valence electrons. The molecular weight excluding hydrogens is 479 g/mol. The van der Waals surface area contributed by atoms with Crippen LogP contribution in [0.25, 0.3) is 21.7 Å². The average Bonchev–Trinajstić information content (AvgIpc) is 2.60. The molecule has 0 aliphatic carbocycles. The molecule has 1 heterocycles. The first-order valence-corrected chi connectivity index (χ1v) is 8.89. The van der Waals surface area contributed by atoms with E-state index in [9.17, 15) is 15.3 Å². The first-order valence-electron chi connectivity index (χ1n) is 8.89. The van der Waals surface area contributed by atoms with Gasteiger partial charge in [-0.3, -0.25) is 10.4 Å². The van der Waals surface area contributed by atoms with Gasteiger partial charge in [-0.25, -0.2) is 0 Å². The van der Waals surface area contributed by atoms with Gasteiger partial charge >= 0.3 is 19.5 Å². The Morgan fingerprint density at radius 3 is 1.58 bits per heavy atom. The maximum Gasteiger partial charge on any atom is 3.00 e. The van der Waals surface area contributed by atoms with Crippen LogP contribution in [-0.2, 0) is 19.5 Å². The maximum absolute atomic E-state index is 9.33. The third kappa shape index (κ3) is 21.4. The van der Waals surface area contributed by atoms with Crippen LogP contribution in [0, 0.1) is 5.41 Å². The molecular formula is C24H30N3O3Ru. The van der Waals surface area contributed by atoms with Crippen LogP contribution >= 0.6 is 0 Å².